The number of benzene rings is 1. The second-order valence-electron chi connectivity index (χ2n) is 3.32. The molecule has 0 spiro atoms. The van der Waals surface area contributed by atoms with E-state index in [9.17, 15) is 4.39 Å². The van der Waals surface area contributed by atoms with Crippen LogP contribution in [-0.4, -0.2) is 11.9 Å². The van der Waals surface area contributed by atoms with Gasteiger partial charge >= 0.3 is 0 Å². The fourth-order valence-corrected chi connectivity index (χ4v) is 1.63. The zero-order chi connectivity index (χ0) is 11.6. The van der Waals surface area contributed by atoms with E-state index in [1.807, 2.05) is 13.8 Å². The smallest absolute Gasteiger partial charge is 0.179 e. The van der Waals surface area contributed by atoms with Crippen LogP contribution in [0.4, 0.5) is 4.39 Å². The quantitative estimate of drug-likeness (QED) is 0.658. The molecule has 0 fully saturated rings. The maximum absolute atomic E-state index is 13.7. The van der Waals surface area contributed by atoms with Crippen molar-refractivity contribution in [2.75, 3.05) is 0 Å². The van der Waals surface area contributed by atoms with E-state index >= 15 is 0 Å². The van der Waals surface area contributed by atoms with Crippen molar-refractivity contribution in [3.63, 3.8) is 0 Å². The van der Waals surface area contributed by atoms with Gasteiger partial charge < -0.3 is 10.5 Å². The molecule has 0 aliphatic heterocycles. The van der Waals surface area contributed by atoms with Gasteiger partial charge in [-0.3, -0.25) is 5.41 Å². The van der Waals surface area contributed by atoms with E-state index in [0.29, 0.717) is 5.56 Å². The van der Waals surface area contributed by atoms with Gasteiger partial charge in [0.2, 0.25) is 0 Å². The van der Waals surface area contributed by atoms with Gasteiger partial charge in [0.25, 0.3) is 0 Å². The topological polar surface area (TPSA) is 59.1 Å². The van der Waals surface area contributed by atoms with Crippen LogP contribution in [0.15, 0.2) is 16.6 Å². The van der Waals surface area contributed by atoms with Gasteiger partial charge in [-0.1, -0.05) is 0 Å². The molecule has 1 aromatic rings. The highest BCUT2D eigenvalue weighted by molar-refractivity contribution is 9.10. The number of nitrogen functional groups attached to an aromatic ring is 1. The van der Waals surface area contributed by atoms with Gasteiger partial charge in [0.15, 0.2) is 11.6 Å². The van der Waals surface area contributed by atoms with Gasteiger partial charge in [-0.05, 0) is 41.9 Å². The molecule has 82 valence electrons. The van der Waals surface area contributed by atoms with Crippen molar-refractivity contribution in [3.8, 4) is 5.75 Å². The average molecular weight is 275 g/mol. The summed E-state index contributed by atoms with van der Waals surface area (Å²) in [5.74, 6) is -0.560. The summed E-state index contributed by atoms with van der Waals surface area (Å²) in [6, 6.07) is 3.02. The predicted molar refractivity (Wildman–Crippen MR) is 60.9 cm³/mol. The Morgan fingerprint density at radius 1 is 1.53 bits per heavy atom. The van der Waals surface area contributed by atoms with E-state index in [1.54, 1.807) is 6.07 Å². The Hall–Kier alpha value is -1.10. The lowest BCUT2D eigenvalue weighted by atomic mass is 10.2. The Bertz CT molecular complexity index is 393. The Balaban J connectivity index is 3.15. The van der Waals surface area contributed by atoms with E-state index in [1.165, 1.54) is 6.07 Å². The first-order chi connectivity index (χ1) is 6.93. The summed E-state index contributed by atoms with van der Waals surface area (Å²) in [6.07, 6.45) is -0.102. The lowest BCUT2D eigenvalue weighted by molar-refractivity contribution is 0.230. The molecule has 0 aliphatic carbocycles. The van der Waals surface area contributed by atoms with Gasteiger partial charge in [0.1, 0.15) is 5.84 Å². The Morgan fingerprint density at radius 3 is 2.60 bits per heavy atom. The van der Waals surface area contributed by atoms with Gasteiger partial charge in [0.05, 0.1) is 10.6 Å². The molecule has 3 N–H and O–H groups in total. The largest absolute Gasteiger partial charge is 0.488 e. The Morgan fingerprint density at radius 2 is 2.13 bits per heavy atom. The molecule has 0 aliphatic rings. The molecule has 0 saturated carbocycles. The summed E-state index contributed by atoms with van der Waals surface area (Å²) in [5, 5.41) is 7.23. The van der Waals surface area contributed by atoms with Crippen LogP contribution in [-0.2, 0) is 0 Å². The molecule has 3 nitrogen and oxygen atoms in total. The summed E-state index contributed by atoms with van der Waals surface area (Å²) >= 11 is 3.05. The van der Waals surface area contributed by atoms with Gasteiger partial charge in [-0.15, -0.1) is 0 Å². The molecule has 0 saturated heterocycles. The number of halogens is 2. The third-order valence-electron chi connectivity index (χ3n) is 1.70. The van der Waals surface area contributed by atoms with E-state index < -0.39 is 5.82 Å². The lowest BCUT2D eigenvalue weighted by Gasteiger charge is -2.12. The van der Waals surface area contributed by atoms with Crippen LogP contribution in [0.5, 0.6) is 5.75 Å². The number of hydrogen-bond acceptors (Lipinski definition) is 2. The minimum absolute atomic E-state index is 0.102. The minimum Gasteiger partial charge on any atom is -0.488 e. The third kappa shape index (κ3) is 2.68. The van der Waals surface area contributed by atoms with Crippen molar-refractivity contribution in [2.45, 2.75) is 20.0 Å². The van der Waals surface area contributed by atoms with E-state index in [4.69, 9.17) is 15.9 Å². The van der Waals surface area contributed by atoms with Crippen LogP contribution >= 0.6 is 15.9 Å². The molecule has 0 unspecified atom stereocenters. The molecule has 15 heavy (non-hydrogen) atoms. The van der Waals surface area contributed by atoms with Crippen molar-refractivity contribution in [2.24, 2.45) is 5.73 Å². The zero-order valence-corrected chi connectivity index (χ0v) is 10.1. The third-order valence-corrected chi connectivity index (χ3v) is 2.47. The summed E-state index contributed by atoms with van der Waals surface area (Å²) in [5.41, 5.74) is 5.60. The fraction of sp³-hybridized carbons (Fsp3) is 0.300. The first-order valence-corrected chi connectivity index (χ1v) is 5.21. The van der Waals surface area contributed by atoms with E-state index in [0.717, 1.165) is 0 Å². The van der Waals surface area contributed by atoms with Crippen molar-refractivity contribution < 1.29 is 9.13 Å². The molecule has 0 amide bonds. The monoisotopic (exact) mass is 274 g/mol. The standard InChI is InChI=1S/C10H12BrFN2O/c1-5(2)15-7-4-3-6(10(13)14)8(11)9(7)12/h3-5H,1-2H3,(H3,13,14). The number of ether oxygens (including phenoxy) is 1. The maximum Gasteiger partial charge on any atom is 0.179 e. The van der Waals surface area contributed by atoms with Gasteiger partial charge in [0, 0.05) is 5.56 Å². The van der Waals surface area contributed by atoms with Crippen LogP contribution < -0.4 is 10.5 Å². The number of nitrogens with one attached hydrogen (secondary N) is 1. The normalized spacial score (nSPS) is 10.5. The molecule has 1 rings (SSSR count). The average Bonchev–Trinajstić information content (AvgIpc) is 2.12. The second-order valence-corrected chi connectivity index (χ2v) is 4.11. The SMILES string of the molecule is CC(C)Oc1ccc(C(=N)N)c(Br)c1F. The molecule has 0 atom stereocenters. The highest BCUT2D eigenvalue weighted by atomic mass is 79.9. The Labute approximate surface area is 96.1 Å². The number of nitrogens with two attached hydrogens (primary N) is 1. The lowest BCUT2D eigenvalue weighted by Crippen LogP contribution is -2.13. The van der Waals surface area contributed by atoms with Crippen molar-refractivity contribution >= 4 is 21.8 Å². The molecular weight excluding hydrogens is 263 g/mol. The van der Waals surface area contributed by atoms with Crippen LogP contribution in [0.3, 0.4) is 0 Å². The Kier molecular flexibility index (Phi) is 3.68. The highest BCUT2D eigenvalue weighted by Gasteiger charge is 2.14. The summed E-state index contributed by atoms with van der Waals surface area (Å²) in [6.45, 7) is 3.62. The van der Waals surface area contributed by atoms with Gasteiger partial charge in [-0.2, -0.15) is 0 Å². The second kappa shape index (κ2) is 4.61. The molecule has 5 heteroatoms. The maximum atomic E-state index is 13.7. The number of hydrogen-bond donors (Lipinski definition) is 2. The first kappa shape index (κ1) is 12.0. The molecule has 0 heterocycles. The molecular formula is C10H12BrFN2O. The van der Waals surface area contributed by atoms with Crippen LogP contribution in [0.1, 0.15) is 19.4 Å². The molecule has 1 aromatic carbocycles. The summed E-state index contributed by atoms with van der Waals surface area (Å²) in [7, 11) is 0. The van der Waals surface area contributed by atoms with Crippen molar-refractivity contribution in [1.82, 2.24) is 0 Å². The van der Waals surface area contributed by atoms with Crippen molar-refractivity contribution in [3.05, 3.63) is 28.0 Å². The zero-order valence-electron chi connectivity index (χ0n) is 8.47. The molecule has 0 radical (unpaired) electrons. The highest BCUT2D eigenvalue weighted by Crippen LogP contribution is 2.28. The van der Waals surface area contributed by atoms with Crippen LogP contribution in [0, 0.1) is 11.2 Å². The summed E-state index contributed by atoms with van der Waals surface area (Å²) < 4.78 is 19.1. The number of amidine groups is 1. The minimum atomic E-state index is -0.531. The summed E-state index contributed by atoms with van der Waals surface area (Å²) in [4.78, 5) is 0. The van der Waals surface area contributed by atoms with Crippen LogP contribution in [0.25, 0.3) is 0 Å². The number of rotatable bonds is 3. The predicted octanol–water partition coefficient (Wildman–Crippen LogP) is 2.66. The molecule has 0 bridgehead atoms. The van der Waals surface area contributed by atoms with E-state index in [-0.39, 0.29) is 22.2 Å². The first-order valence-electron chi connectivity index (χ1n) is 4.42. The molecule has 0 aromatic heterocycles. The van der Waals surface area contributed by atoms with Gasteiger partial charge in [-0.25, -0.2) is 4.39 Å². The van der Waals surface area contributed by atoms with E-state index in [2.05, 4.69) is 15.9 Å². The fourth-order valence-electron chi connectivity index (χ4n) is 1.08. The van der Waals surface area contributed by atoms with Crippen molar-refractivity contribution in [1.29, 1.82) is 5.41 Å². The van der Waals surface area contributed by atoms with Crippen LogP contribution in [0.2, 0.25) is 0 Å².